The van der Waals surface area contributed by atoms with E-state index in [4.69, 9.17) is 5.11 Å². The fraction of sp³-hybridized carbons (Fsp3) is 0.300. The molecule has 0 aliphatic rings. The van der Waals surface area contributed by atoms with Gasteiger partial charge in [0.2, 0.25) is 5.91 Å². The Hall–Kier alpha value is -2.82. The Balaban J connectivity index is 2.02. The van der Waals surface area contributed by atoms with Gasteiger partial charge in [0.25, 0.3) is 0 Å². The standard InChI is InChI=1S/C20H24N2O3/c1-3-16-9-11-17(12-10-16)13-21(2)19(23)14-22(15-20(24)25)18-7-5-4-6-8-18/h4-12H,3,13-15H2,1-2H3,(H,24,25). The van der Waals surface area contributed by atoms with Gasteiger partial charge in [-0.05, 0) is 29.7 Å². The maximum atomic E-state index is 12.5. The number of aryl methyl sites for hydroxylation is 1. The van der Waals surface area contributed by atoms with E-state index in [1.165, 1.54) is 5.56 Å². The summed E-state index contributed by atoms with van der Waals surface area (Å²) in [6.45, 7) is 2.42. The number of amides is 1. The molecule has 1 N–H and O–H groups in total. The molecule has 0 aliphatic carbocycles. The lowest BCUT2D eigenvalue weighted by Crippen LogP contribution is -2.40. The second kappa shape index (κ2) is 8.87. The first-order chi connectivity index (χ1) is 12.0. The van der Waals surface area contributed by atoms with Crippen LogP contribution >= 0.6 is 0 Å². The Morgan fingerprint density at radius 1 is 0.920 bits per heavy atom. The zero-order valence-electron chi connectivity index (χ0n) is 14.7. The highest BCUT2D eigenvalue weighted by Gasteiger charge is 2.17. The molecule has 2 aromatic carbocycles. The van der Waals surface area contributed by atoms with Crippen molar-refractivity contribution < 1.29 is 14.7 Å². The highest BCUT2D eigenvalue weighted by atomic mass is 16.4. The van der Waals surface area contributed by atoms with Crippen molar-refractivity contribution in [2.45, 2.75) is 19.9 Å². The van der Waals surface area contributed by atoms with Gasteiger partial charge < -0.3 is 14.9 Å². The van der Waals surface area contributed by atoms with Crippen molar-refractivity contribution in [2.75, 3.05) is 25.0 Å². The third-order valence-electron chi connectivity index (χ3n) is 4.05. The molecule has 0 aliphatic heterocycles. The Morgan fingerprint density at radius 2 is 1.52 bits per heavy atom. The maximum Gasteiger partial charge on any atom is 0.323 e. The summed E-state index contributed by atoms with van der Waals surface area (Å²) in [5, 5.41) is 9.11. The Morgan fingerprint density at radius 3 is 2.08 bits per heavy atom. The molecule has 2 aromatic rings. The summed E-state index contributed by atoms with van der Waals surface area (Å²) in [6.07, 6.45) is 0.982. The fourth-order valence-corrected chi connectivity index (χ4v) is 2.57. The summed E-state index contributed by atoms with van der Waals surface area (Å²) < 4.78 is 0. The summed E-state index contributed by atoms with van der Waals surface area (Å²) in [4.78, 5) is 26.8. The molecule has 0 saturated heterocycles. The first-order valence-corrected chi connectivity index (χ1v) is 8.33. The first kappa shape index (κ1) is 18.5. The van der Waals surface area contributed by atoms with Crippen LogP contribution in [-0.2, 0) is 22.6 Å². The molecule has 0 radical (unpaired) electrons. The van der Waals surface area contributed by atoms with E-state index in [1.807, 2.05) is 30.3 Å². The smallest absolute Gasteiger partial charge is 0.323 e. The van der Waals surface area contributed by atoms with E-state index in [2.05, 4.69) is 19.1 Å². The minimum Gasteiger partial charge on any atom is -0.480 e. The molecule has 0 bridgehead atoms. The number of carboxylic acid groups (broad SMARTS) is 1. The SMILES string of the molecule is CCc1ccc(CN(C)C(=O)CN(CC(=O)O)c2ccccc2)cc1. The molecule has 0 fully saturated rings. The molecule has 5 nitrogen and oxygen atoms in total. The van der Waals surface area contributed by atoms with Gasteiger partial charge in [-0.1, -0.05) is 49.4 Å². The summed E-state index contributed by atoms with van der Waals surface area (Å²) in [5.74, 6) is -1.08. The number of carboxylic acids is 1. The molecule has 0 heterocycles. The Kier molecular flexibility index (Phi) is 6.57. The van der Waals surface area contributed by atoms with E-state index < -0.39 is 5.97 Å². The minimum absolute atomic E-state index is 0.0276. The number of carbonyl (C=O) groups is 2. The number of benzene rings is 2. The van der Waals surface area contributed by atoms with Gasteiger partial charge in [-0.3, -0.25) is 9.59 Å². The molecule has 1 amide bonds. The fourth-order valence-electron chi connectivity index (χ4n) is 2.57. The van der Waals surface area contributed by atoms with E-state index in [0.717, 1.165) is 17.7 Å². The van der Waals surface area contributed by atoms with Crippen LogP contribution in [-0.4, -0.2) is 42.0 Å². The summed E-state index contributed by atoms with van der Waals surface area (Å²) in [7, 11) is 1.74. The molecular weight excluding hydrogens is 316 g/mol. The van der Waals surface area contributed by atoms with Crippen LogP contribution in [0.1, 0.15) is 18.1 Å². The molecule has 0 spiro atoms. The van der Waals surface area contributed by atoms with Crippen molar-refractivity contribution in [3.63, 3.8) is 0 Å². The van der Waals surface area contributed by atoms with Crippen LogP contribution in [0.4, 0.5) is 5.69 Å². The zero-order chi connectivity index (χ0) is 18.2. The van der Waals surface area contributed by atoms with Crippen molar-refractivity contribution in [1.82, 2.24) is 4.90 Å². The van der Waals surface area contributed by atoms with Crippen LogP contribution in [0.5, 0.6) is 0 Å². The monoisotopic (exact) mass is 340 g/mol. The number of carbonyl (C=O) groups excluding carboxylic acids is 1. The van der Waals surface area contributed by atoms with Gasteiger partial charge in [0, 0.05) is 19.3 Å². The third kappa shape index (κ3) is 5.64. The predicted octanol–water partition coefficient (Wildman–Crippen LogP) is 2.80. The van der Waals surface area contributed by atoms with Gasteiger partial charge in [0.1, 0.15) is 6.54 Å². The predicted molar refractivity (Wildman–Crippen MR) is 98.6 cm³/mol. The van der Waals surface area contributed by atoms with Gasteiger partial charge >= 0.3 is 5.97 Å². The lowest BCUT2D eigenvalue weighted by Gasteiger charge is -2.25. The molecule has 0 unspecified atom stereocenters. The molecule has 2 rings (SSSR count). The Bertz CT molecular complexity index is 699. The van der Waals surface area contributed by atoms with Crippen molar-refractivity contribution in [3.05, 3.63) is 65.7 Å². The Labute approximate surface area is 148 Å². The number of hydrogen-bond acceptors (Lipinski definition) is 3. The zero-order valence-corrected chi connectivity index (χ0v) is 14.7. The van der Waals surface area contributed by atoms with Gasteiger partial charge in [-0.2, -0.15) is 0 Å². The number of likely N-dealkylation sites (N-methyl/N-ethyl adjacent to an activating group) is 1. The summed E-state index contributed by atoms with van der Waals surface area (Å²) in [5.41, 5.74) is 3.03. The van der Waals surface area contributed by atoms with Gasteiger partial charge in [0.05, 0.1) is 6.54 Å². The quantitative estimate of drug-likeness (QED) is 0.803. The van der Waals surface area contributed by atoms with Crippen LogP contribution in [0.15, 0.2) is 54.6 Å². The van der Waals surface area contributed by atoms with E-state index in [9.17, 15) is 9.59 Å². The average Bonchev–Trinajstić information content (AvgIpc) is 2.62. The van der Waals surface area contributed by atoms with Crippen molar-refractivity contribution in [2.24, 2.45) is 0 Å². The normalized spacial score (nSPS) is 10.3. The summed E-state index contributed by atoms with van der Waals surface area (Å²) in [6, 6.07) is 17.3. The lowest BCUT2D eigenvalue weighted by molar-refractivity contribution is -0.135. The number of para-hydroxylation sites is 1. The maximum absolute atomic E-state index is 12.5. The van der Waals surface area contributed by atoms with Gasteiger partial charge in [-0.25, -0.2) is 0 Å². The van der Waals surface area contributed by atoms with E-state index in [-0.39, 0.29) is 19.0 Å². The first-order valence-electron chi connectivity index (χ1n) is 8.33. The van der Waals surface area contributed by atoms with Crippen LogP contribution in [0.2, 0.25) is 0 Å². The van der Waals surface area contributed by atoms with E-state index in [1.54, 1.807) is 29.0 Å². The second-order valence-corrected chi connectivity index (χ2v) is 6.01. The second-order valence-electron chi connectivity index (χ2n) is 6.01. The highest BCUT2D eigenvalue weighted by molar-refractivity contribution is 5.84. The molecule has 5 heteroatoms. The average molecular weight is 340 g/mol. The van der Waals surface area contributed by atoms with Crippen molar-refractivity contribution >= 4 is 17.6 Å². The largest absolute Gasteiger partial charge is 0.480 e. The third-order valence-corrected chi connectivity index (χ3v) is 4.05. The number of nitrogens with zero attached hydrogens (tertiary/aromatic N) is 2. The van der Waals surface area contributed by atoms with Gasteiger partial charge in [0.15, 0.2) is 0 Å². The van der Waals surface area contributed by atoms with E-state index >= 15 is 0 Å². The molecular formula is C20H24N2O3. The number of aliphatic carboxylic acids is 1. The molecule has 132 valence electrons. The molecule has 25 heavy (non-hydrogen) atoms. The van der Waals surface area contributed by atoms with Crippen LogP contribution in [0, 0.1) is 0 Å². The molecule has 0 atom stereocenters. The van der Waals surface area contributed by atoms with E-state index in [0.29, 0.717) is 6.54 Å². The summed E-state index contributed by atoms with van der Waals surface area (Å²) >= 11 is 0. The lowest BCUT2D eigenvalue weighted by atomic mass is 10.1. The molecule has 0 aromatic heterocycles. The van der Waals surface area contributed by atoms with Crippen molar-refractivity contribution in [1.29, 1.82) is 0 Å². The van der Waals surface area contributed by atoms with Crippen LogP contribution < -0.4 is 4.90 Å². The van der Waals surface area contributed by atoms with Crippen molar-refractivity contribution in [3.8, 4) is 0 Å². The number of anilines is 1. The van der Waals surface area contributed by atoms with Gasteiger partial charge in [-0.15, -0.1) is 0 Å². The molecule has 0 saturated carbocycles. The topological polar surface area (TPSA) is 60.9 Å². The van der Waals surface area contributed by atoms with Crippen LogP contribution in [0.25, 0.3) is 0 Å². The highest BCUT2D eigenvalue weighted by Crippen LogP contribution is 2.14. The number of rotatable bonds is 8. The minimum atomic E-state index is -0.963. The van der Waals surface area contributed by atoms with Crippen LogP contribution in [0.3, 0.4) is 0 Å². The number of hydrogen-bond donors (Lipinski definition) is 1.